The molecule has 1 fully saturated rings. The third-order valence-electron chi connectivity index (χ3n) is 3.57. The maximum absolute atomic E-state index is 10.6. The van der Waals surface area contributed by atoms with E-state index in [1.54, 1.807) is 12.1 Å². The minimum atomic E-state index is -0.393. The number of ether oxygens (including phenoxy) is 1. The molecule has 1 aliphatic rings. The molecule has 0 amide bonds. The molecule has 0 N–H and O–H groups in total. The number of non-ortho nitro benzene ring substituents is 1. The lowest BCUT2D eigenvalue weighted by Crippen LogP contribution is -1.92. The van der Waals surface area contributed by atoms with Crippen LogP contribution in [0.25, 0.3) is 6.08 Å². The summed E-state index contributed by atoms with van der Waals surface area (Å²) in [6.07, 6.45) is 2.17. The predicted molar refractivity (Wildman–Crippen MR) is 80.8 cm³/mol. The maximum Gasteiger partial charge on any atom is 0.269 e. The lowest BCUT2D eigenvalue weighted by molar-refractivity contribution is -0.384. The maximum atomic E-state index is 10.6. The number of hydrogen-bond acceptors (Lipinski definition) is 3. The van der Waals surface area contributed by atoms with Gasteiger partial charge in [0.1, 0.15) is 12.2 Å². The highest BCUT2D eigenvalue weighted by Gasteiger charge is 2.41. The second kappa shape index (κ2) is 5.50. The number of epoxide rings is 1. The van der Waals surface area contributed by atoms with E-state index < -0.39 is 4.92 Å². The second-order valence-corrected chi connectivity index (χ2v) is 5.12. The molecule has 0 aromatic heterocycles. The van der Waals surface area contributed by atoms with Crippen LogP contribution in [0.4, 0.5) is 5.69 Å². The topological polar surface area (TPSA) is 55.7 Å². The number of benzene rings is 2. The number of rotatable bonds is 4. The monoisotopic (exact) mass is 281 g/mol. The largest absolute Gasteiger partial charge is 0.360 e. The number of nitro benzene ring substituents is 1. The Bertz CT molecular complexity index is 677. The van der Waals surface area contributed by atoms with Crippen molar-refractivity contribution in [1.29, 1.82) is 0 Å². The van der Waals surface area contributed by atoms with Gasteiger partial charge in [-0.2, -0.15) is 0 Å². The normalized spacial score (nSPS) is 21.1. The van der Waals surface area contributed by atoms with Gasteiger partial charge >= 0.3 is 0 Å². The molecule has 3 rings (SSSR count). The molecule has 1 heterocycles. The highest BCUT2D eigenvalue weighted by molar-refractivity contribution is 5.54. The summed E-state index contributed by atoms with van der Waals surface area (Å²) in [6, 6.07) is 16.6. The quantitative estimate of drug-likeness (QED) is 0.481. The zero-order chi connectivity index (χ0) is 14.8. The van der Waals surface area contributed by atoms with Gasteiger partial charge in [-0.1, -0.05) is 36.4 Å². The van der Waals surface area contributed by atoms with Gasteiger partial charge in [0, 0.05) is 12.1 Å². The molecule has 1 saturated heterocycles. The molecular formula is C17H15NO3. The lowest BCUT2D eigenvalue weighted by Gasteiger charge is -1.98. The smallest absolute Gasteiger partial charge is 0.269 e. The molecule has 0 bridgehead atoms. The van der Waals surface area contributed by atoms with Crippen LogP contribution in [0.15, 0.2) is 60.2 Å². The summed E-state index contributed by atoms with van der Waals surface area (Å²) in [5.41, 5.74) is 3.39. The van der Waals surface area contributed by atoms with E-state index in [2.05, 4.69) is 6.08 Å². The van der Waals surface area contributed by atoms with Crippen molar-refractivity contribution >= 4 is 11.8 Å². The summed E-state index contributed by atoms with van der Waals surface area (Å²) >= 11 is 0. The van der Waals surface area contributed by atoms with E-state index in [0.29, 0.717) is 0 Å². The van der Waals surface area contributed by atoms with Crippen LogP contribution in [0, 0.1) is 10.1 Å². The van der Waals surface area contributed by atoms with Crippen molar-refractivity contribution in [2.24, 2.45) is 0 Å². The fourth-order valence-corrected chi connectivity index (χ4v) is 2.39. The highest BCUT2D eigenvalue weighted by Crippen LogP contribution is 2.43. The van der Waals surface area contributed by atoms with Crippen LogP contribution in [0.1, 0.15) is 24.2 Å². The van der Waals surface area contributed by atoms with Crippen LogP contribution >= 0.6 is 0 Å². The van der Waals surface area contributed by atoms with Gasteiger partial charge in [-0.05, 0) is 35.8 Å². The molecule has 106 valence electrons. The van der Waals surface area contributed by atoms with Gasteiger partial charge < -0.3 is 4.74 Å². The molecular weight excluding hydrogens is 266 g/mol. The third-order valence-corrected chi connectivity index (χ3v) is 3.57. The summed E-state index contributed by atoms with van der Waals surface area (Å²) in [5, 5.41) is 10.6. The third kappa shape index (κ3) is 3.01. The zero-order valence-electron chi connectivity index (χ0n) is 11.6. The van der Waals surface area contributed by atoms with Gasteiger partial charge in [0.2, 0.25) is 0 Å². The Hall–Kier alpha value is -2.46. The van der Waals surface area contributed by atoms with Crippen molar-refractivity contribution < 1.29 is 9.66 Å². The zero-order valence-corrected chi connectivity index (χ0v) is 11.6. The van der Waals surface area contributed by atoms with Gasteiger partial charge in [0.25, 0.3) is 5.69 Å². The van der Waals surface area contributed by atoms with Crippen LogP contribution in [0.3, 0.4) is 0 Å². The Balaban J connectivity index is 1.71. The highest BCUT2D eigenvalue weighted by atomic mass is 16.6. The van der Waals surface area contributed by atoms with E-state index in [1.807, 2.05) is 37.3 Å². The summed E-state index contributed by atoms with van der Waals surface area (Å²) in [7, 11) is 0. The molecule has 2 aromatic carbocycles. The minimum Gasteiger partial charge on any atom is -0.360 e. The van der Waals surface area contributed by atoms with Gasteiger partial charge in [0.15, 0.2) is 0 Å². The SMILES string of the molecule is C/C(=C\c1ccccc1)[C@H]1O[C@@H]1c1ccc([N+](=O)[O-])cc1. The molecule has 21 heavy (non-hydrogen) atoms. The van der Waals surface area contributed by atoms with Gasteiger partial charge in [0.05, 0.1) is 4.92 Å². The lowest BCUT2D eigenvalue weighted by atomic mass is 10.0. The summed E-state index contributed by atoms with van der Waals surface area (Å²) < 4.78 is 5.70. The first-order valence-electron chi connectivity index (χ1n) is 6.78. The molecule has 0 spiro atoms. The van der Waals surface area contributed by atoms with Crippen molar-refractivity contribution in [1.82, 2.24) is 0 Å². The predicted octanol–water partition coefficient (Wildman–Crippen LogP) is 4.14. The fourth-order valence-electron chi connectivity index (χ4n) is 2.39. The van der Waals surface area contributed by atoms with Gasteiger partial charge in [-0.3, -0.25) is 10.1 Å². The molecule has 2 aromatic rings. The Kier molecular flexibility index (Phi) is 3.54. The first-order valence-corrected chi connectivity index (χ1v) is 6.78. The van der Waals surface area contributed by atoms with Crippen LogP contribution in [-0.2, 0) is 4.74 Å². The molecule has 0 unspecified atom stereocenters. The molecule has 2 atom stereocenters. The summed E-state index contributed by atoms with van der Waals surface area (Å²) in [6.45, 7) is 2.04. The van der Waals surface area contributed by atoms with E-state index in [4.69, 9.17) is 4.74 Å². The van der Waals surface area contributed by atoms with E-state index in [-0.39, 0.29) is 17.9 Å². The molecule has 1 aliphatic heterocycles. The van der Waals surface area contributed by atoms with Crippen molar-refractivity contribution in [3.05, 3.63) is 81.4 Å². The van der Waals surface area contributed by atoms with Crippen molar-refractivity contribution in [2.45, 2.75) is 19.1 Å². The minimum absolute atomic E-state index is 0.00534. The molecule has 4 heteroatoms. The Morgan fingerprint density at radius 1 is 1.14 bits per heavy atom. The second-order valence-electron chi connectivity index (χ2n) is 5.12. The Labute approximate surface area is 122 Å². The first kappa shape index (κ1) is 13.5. The van der Waals surface area contributed by atoms with E-state index in [1.165, 1.54) is 12.1 Å². The molecule has 0 aliphatic carbocycles. The summed E-state index contributed by atoms with van der Waals surface area (Å²) in [5.74, 6) is 0. The van der Waals surface area contributed by atoms with Crippen LogP contribution in [-0.4, -0.2) is 11.0 Å². The average molecular weight is 281 g/mol. The first-order chi connectivity index (χ1) is 10.1. The molecule has 0 saturated carbocycles. The standard InChI is InChI=1S/C17H15NO3/c1-12(11-13-5-3-2-4-6-13)16-17(21-16)14-7-9-15(10-8-14)18(19)20/h2-11,16-17H,1H3/b12-11+/t16-,17-/m1/s1. The van der Waals surface area contributed by atoms with Gasteiger partial charge in [-0.15, -0.1) is 0 Å². The van der Waals surface area contributed by atoms with E-state index >= 15 is 0 Å². The van der Waals surface area contributed by atoms with Crippen LogP contribution < -0.4 is 0 Å². The molecule has 4 nitrogen and oxygen atoms in total. The fraction of sp³-hybridized carbons (Fsp3) is 0.176. The Morgan fingerprint density at radius 2 is 1.81 bits per heavy atom. The van der Waals surface area contributed by atoms with E-state index in [9.17, 15) is 10.1 Å². The summed E-state index contributed by atoms with van der Waals surface area (Å²) in [4.78, 5) is 10.2. The number of nitro groups is 1. The van der Waals surface area contributed by atoms with Gasteiger partial charge in [-0.25, -0.2) is 0 Å². The van der Waals surface area contributed by atoms with E-state index in [0.717, 1.165) is 16.7 Å². The average Bonchev–Trinajstić information content (AvgIpc) is 3.29. The molecule has 0 radical (unpaired) electrons. The number of hydrogen-bond donors (Lipinski definition) is 0. The van der Waals surface area contributed by atoms with Crippen molar-refractivity contribution in [3.63, 3.8) is 0 Å². The van der Waals surface area contributed by atoms with Crippen LogP contribution in [0.5, 0.6) is 0 Å². The Morgan fingerprint density at radius 3 is 2.43 bits per heavy atom. The van der Waals surface area contributed by atoms with Crippen molar-refractivity contribution in [3.8, 4) is 0 Å². The van der Waals surface area contributed by atoms with Crippen molar-refractivity contribution in [2.75, 3.05) is 0 Å². The van der Waals surface area contributed by atoms with Crippen LogP contribution in [0.2, 0.25) is 0 Å². The number of nitrogens with zero attached hydrogens (tertiary/aromatic N) is 1.